The number of benzene rings is 2. The fourth-order valence-electron chi connectivity index (χ4n) is 2.30. The highest BCUT2D eigenvalue weighted by molar-refractivity contribution is 7.22. The molecular weight excluding hydrogens is 357 g/mol. The molecule has 0 saturated heterocycles. The summed E-state index contributed by atoms with van der Waals surface area (Å²) in [6, 6.07) is 9.42. The van der Waals surface area contributed by atoms with Crippen LogP contribution in [0, 0.1) is 12.7 Å². The minimum Gasteiger partial charge on any atom is -0.450 e. The van der Waals surface area contributed by atoms with Crippen LogP contribution in [0.15, 0.2) is 36.4 Å². The van der Waals surface area contributed by atoms with Gasteiger partial charge in [0.1, 0.15) is 5.82 Å². The Morgan fingerprint density at radius 1 is 1.19 bits per heavy atom. The molecule has 0 radical (unpaired) electrons. The summed E-state index contributed by atoms with van der Waals surface area (Å²) >= 11 is 1.27. The fraction of sp³-hybridized carbons (Fsp3) is 0.167. The summed E-state index contributed by atoms with van der Waals surface area (Å²) in [5, 5.41) is 5.74. The molecular formula is C18H16FN3O3S. The number of carbonyl (C=O) groups is 2. The summed E-state index contributed by atoms with van der Waals surface area (Å²) in [6.07, 6.45) is -0.563. The van der Waals surface area contributed by atoms with E-state index in [4.69, 9.17) is 4.74 Å². The number of thiazole rings is 1. The van der Waals surface area contributed by atoms with Crippen LogP contribution in [0.4, 0.5) is 20.0 Å². The van der Waals surface area contributed by atoms with E-state index in [-0.39, 0.29) is 18.3 Å². The zero-order valence-electron chi connectivity index (χ0n) is 14.1. The molecule has 2 amide bonds. The Labute approximate surface area is 153 Å². The molecule has 0 fully saturated rings. The predicted octanol–water partition coefficient (Wildman–Crippen LogP) is 4.56. The van der Waals surface area contributed by atoms with Gasteiger partial charge in [0.15, 0.2) is 5.13 Å². The van der Waals surface area contributed by atoms with Crippen LogP contribution >= 0.6 is 11.3 Å². The maximum Gasteiger partial charge on any atom is 0.413 e. The van der Waals surface area contributed by atoms with Gasteiger partial charge in [0.2, 0.25) is 0 Å². The molecule has 1 aromatic heterocycles. The Balaban J connectivity index is 1.77. The van der Waals surface area contributed by atoms with Gasteiger partial charge in [0, 0.05) is 11.3 Å². The fourth-order valence-corrected chi connectivity index (χ4v) is 3.19. The van der Waals surface area contributed by atoms with E-state index in [2.05, 4.69) is 15.6 Å². The number of nitrogens with zero attached hydrogens (tertiary/aromatic N) is 1. The molecule has 6 nitrogen and oxygen atoms in total. The lowest BCUT2D eigenvalue weighted by molar-refractivity contribution is 0.102. The van der Waals surface area contributed by atoms with Gasteiger partial charge in [-0.25, -0.2) is 14.2 Å². The highest BCUT2D eigenvalue weighted by atomic mass is 32.1. The van der Waals surface area contributed by atoms with Crippen LogP contribution in [0.25, 0.3) is 10.2 Å². The van der Waals surface area contributed by atoms with E-state index in [9.17, 15) is 14.0 Å². The number of hydrogen-bond acceptors (Lipinski definition) is 5. The number of halogens is 1. The van der Waals surface area contributed by atoms with Crippen molar-refractivity contribution in [1.82, 2.24) is 4.98 Å². The molecule has 3 rings (SSSR count). The first kappa shape index (κ1) is 17.8. The van der Waals surface area contributed by atoms with Crippen LogP contribution in [0.1, 0.15) is 22.8 Å². The second-order valence-electron chi connectivity index (χ2n) is 5.47. The Hall–Kier alpha value is -3.00. The number of aromatic nitrogens is 1. The summed E-state index contributed by atoms with van der Waals surface area (Å²) in [4.78, 5) is 28.1. The predicted molar refractivity (Wildman–Crippen MR) is 99.4 cm³/mol. The van der Waals surface area contributed by atoms with Crippen molar-refractivity contribution in [1.29, 1.82) is 0 Å². The summed E-state index contributed by atoms with van der Waals surface area (Å²) in [5.74, 6) is -0.684. The molecule has 2 aromatic carbocycles. The summed E-state index contributed by atoms with van der Waals surface area (Å²) in [6.45, 7) is 3.60. The van der Waals surface area contributed by atoms with E-state index in [1.807, 2.05) is 0 Å². The molecule has 0 unspecified atom stereocenters. The van der Waals surface area contributed by atoms with Crippen LogP contribution in [0.2, 0.25) is 0 Å². The smallest absolute Gasteiger partial charge is 0.413 e. The van der Waals surface area contributed by atoms with E-state index < -0.39 is 6.09 Å². The van der Waals surface area contributed by atoms with E-state index in [1.165, 1.54) is 29.5 Å². The molecule has 0 saturated carbocycles. The molecule has 0 atom stereocenters. The first-order valence-electron chi connectivity index (χ1n) is 7.88. The van der Waals surface area contributed by atoms with Crippen molar-refractivity contribution >= 4 is 44.4 Å². The number of nitrogens with one attached hydrogen (secondary N) is 2. The molecule has 134 valence electrons. The number of amides is 2. The molecule has 0 aliphatic heterocycles. The van der Waals surface area contributed by atoms with Gasteiger partial charge in [0.05, 0.1) is 16.8 Å². The number of aryl methyl sites for hydroxylation is 1. The highest BCUT2D eigenvalue weighted by Crippen LogP contribution is 2.28. The van der Waals surface area contributed by atoms with Gasteiger partial charge in [-0.05, 0) is 55.8 Å². The van der Waals surface area contributed by atoms with Crippen LogP contribution < -0.4 is 10.6 Å². The average molecular weight is 373 g/mol. The lowest BCUT2D eigenvalue weighted by Crippen LogP contribution is -2.12. The molecule has 0 bridgehead atoms. The lowest BCUT2D eigenvalue weighted by Gasteiger charge is -2.06. The number of hydrogen-bond donors (Lipinski definition) is 2. The second-order valence-corrected chi connectivity index (χ2v) is 6.50. The van der Waals surface area contributed by atoms with Crippen molar-refractivity contribution in [2.24, 2.45) is 0 Å². The SMILES string of the molecule is CCOC(=O)Nc1nc2ccc(NC(=O)c3ccc(F)c(C)c3)cc2s1. The lowest BCUT2D eigenvalue weighted by atomic mass is 10.1. The van der Waals surface area contributed by atoms with Crippen molar-refractivity contribution in [2.75, 3.05) is 17.2 Å². The zero-order chi connectivity index (χ0) is 18.7. The minimum atomic E-state index is -0.563. The molecule has 26 heavy (non-hydrogen) atoms. The van der Waals surface area contributed by atoms with Crippen molar-refractivity contribution in [3.05, 3.63) is 53.3 Å². The van der Waals surface area contributed by atoms with E-state index in [0.717, 1.165) is 4.70 Å². The standard InChI is InChI=1S/C18H16FN3O3S/c1-3-25-18(24)22-17-21-14-7-5-12(9-15(14)26-17)20-16(23)11-4-6-13(19)10(2)8-11/h4-9H,3H2,1-2H3,(H,20,23)(H,21,22,24). The second kappa shape index (κ2) is 7.49. The van der Waals surface area contributed by atoms with Crippen LogP contribution in [0.5, 0.6) is 0 Å². The first-order chi connectivity index (χ1) is 12.5. The van der Waals surface area contributed by atoms with E-state index in [0.29, 0.717) is 27.5 Å². The third-order valence-electron chi connectivity index (χ3n) is 3.55. The third-order valence-corrected chi connectivity index (χ3v) is 4.48. The topological polar surface area (TPSA) is 80.3 Å². The molecule has 0 aliphatic rings. The van der Waals surface area contributed by atoms with Crippen molar-refractivity contribution in [3.8, 4) is 0 Å². The zero-order valence-corrected chi connectivity index (χ0v) is 14.9. The largest absolute Gasteiger partial charge is 0.450 e. The van der Waals surface area contributed by atoms with Crippen LogP contribution in [-0.2, 0) is 4.74 Å². The van der Waals surface area contributed by atoms with E-state index >= 15 is 0 Å². The quantitative estimate of drug-likeness (QED) is 0.702. The van der Waals surface area contributed by atoms with Gasteiger partial charge in [-0.1, -0.05) is 11.3 Å². The van der Waals surface area contributed by atoms with Gasteiger partial charge in [-0.3, -0.25) is 10.1 Å². The Morgan fingerprint density at radius 2 is 2.00 bits per heavy atom. The normalized spacial score (nSPS) is 10.6. The maximum atomic E-state index is 13.3. The van der Waals surface area contributed by atoms with E-state index in [1.54, 1.807) is 32.0 Å². The molecule has 2 N–H and O–H groups in total. The van der Waals surface area contributed by atoms with Gasteiger partial charge >= 0.3 is 6.09 Å². The van der Waals surface area contributed by atoms with Crippen LogP contribution in [0.3, 0.4) is 0 Å². The average Bonchev–Trinajstić information content (AvgIpc) is 2.98. The maximum absolute atomic E-state index is 13.3. The third kappa shape index (κ3) is 3.97. The molecule has 3 aromatic rings. The molecule has 8 heteroatoms. The van der Waals surface area contributed by atoms with Crippen molar-refractivity contribution in [3.63, 3.8) is 0 Å². The van der Waals surface area contributed by atoms with Crippen molar-refractivity contribution < 1.29 is 18.7 Å². The summed E-state index contributed by atoms with van der Waals surface area (Å²) < 4.78 is 18.9. The van der Waals surface area contributed by atoms with Crippen molar-refractivity contribution in [2.45, 2.75) is 13.8 Å². The number of anilines is 2. The number of fused-ring (bicyclic) bond motifs is 1. The number of ether oxygens (including phenoxy) is 1. The molecule has 0 aliphatic carbocycles. The highest BCUT2D eigenvalue weighted by Gasteiger charge is 2.11. The summed E-state index contributed by atoms with van der Waals surface area (Å²) in [5.41, 5.74) is 2.05. The van der Waals surface area contributed by atoms with Gasteiger partial charge in [0.25, 0.3) is 5.91 Å². The Bertz CT molecular complexity index is 987. The van der Waals surface area contributed by atoms with Crippen LogP contribution in [-0.4, -0.2) is 23.6 Å². The van der Waals surface area contributed by atoms with Gasteiger partial charge < -0.3 is 10.1 Å². The molecule has 0 spiro atoms. The van der Waals surface area contributed by atoms with Gasteiger partial charge in [-0.15, -0.1) is 0 Å². The Morgan fingerprint density at radius 3 is 2.73 bits per heavy atom. The minimum absolute atomic E-state index is 0.274. The first-order valence-corrected chi connectivity index (χ1v) is 8.70. The summed E-state index contributed by atoms with van der Waals surface area (Å²) in [7, 11) is 0. The monoisotopic (exact) mass is 373 g/mol. The Kier molecular flexibility index (Phi) is 5.13. The molecule has 1 heterocycles. The number of carbonyl (C=O) groups excluding carboxylic acids is 2. The number of rotatable bonds is 4. The van der Waals surface area contributed by atoms with Gasteiger partial charge in [-0.2, -0.15) is 0 Å².